The summed E-state index contributed by atoms with van der Waals surface area (Å²) in [4.78, 5) is 14.5. The third-order valence-corrected chi connectivity index (χ3v) is 6.02. The molecule has 0 aliphatic rings. The van der Waals surface area contributed by atoms with Crippen LogP contribution in [0.2, 0.25) is 0 Å². The molecule has 4 rings (SSSR count). The number of amides is 1. The highest BCUT2D eigenvalue weighted by molar-refractivity contribution is 7.20. The van der Waals surface area contributed by atoms with E-state index in [1.165, 1.54) is 28.0 Å². The molecule has 4 nitrogen and oxygen atoms in total. The smallest absolute Gasteiger partial charge is 0.265 e. The maximum atomic E-state index is 12.8. The van der Waals surface area contributed by atoms with Crippen molar-refractivity contribution in [3.8, 4) is 0 Å². The Morgan fingerprint density at radius 1 is 1.07 bits per heavy atom. The predicted octanol–water partition coefficient (Wildman–Crippen LogP) is 5.58. The van der Waals surface area contributed by atoms with Crippen molar-refractivity contribution in [2.45, 2.75) is 33.7 Å². The average molecular weight is 390 g/mol. The summed E-state index contributed by atoms with van der Waals surface area (Å²) in [6.07, 6.45) is 0.945. The zero-order valence-corrected chi connectivity index (χ0v) is 17.1. The summed E-state index contributed by atoms with van der Waals surface area (Å²) in [6, 6.07) is 18.4. The van der Waals surface area contributed by atoms with Gasteiger partial charge in [0.05, 0.1) is 17.1 Å². The Hall–Kier alpha value is -2.92. The Morgan fingerprint density at radius 2 is 1.86 bits per heavy atom. The predicted molar refractivity (Wildman–Crippen MR) is 116 cm³/mol. The molecular weight excluding hydrogens is 366 g/mol. The number of rotatable bonds is 5. The van der Waals surface area contributed by atoms with Crippen LogP contribution in [0.15, 0.2) is 54.6 Å². The van der Waals surface area contributed by atoms with Crippen molar-refractivity contribution < 1.29 is 4.79 Å². The van der Waals surface area contributed by atoms with Gasteiger partial charge >= 0.3 is 0 Å². The summed E-state index contributed by atoms with van der Waals surface area (Å²) in [7, 11) is 0. The number of anilines is 1. The van der Waals surface area contributed by atoms with E-state index in [2.05, 4.69) is 54.6 Å². The molecule has 2 aromatic carbocycles. The van der Waals surface area contributed by atoms with Gasteiger partial charge in [-0.25, -0.2) is 0 Å². The number of nitrogens with one attached hydrogen (secondary N) is 1. The molecule has 0 fully saturated rings. The van der Waals surface area contributed by atoms with E-state index in [-0.39, 0.29) is 5.91 Å². The van der Waals surface area contributed by atoms with Crippen LogP contribution in [0.3, 0.4) is 0 Å². The maximum Gasteiger partial charge on any atom is 0.265 e. The van der Waals surface area contributed by atoms with Crippen molar-refractivity contribution in [1.82, 2.24) is 9.78 Å². The Kier molecular flexibility index (Phi) is 5.01. The number of carbonyl (C=O) groups is 1. The number of aromatic nitrogens is 2. The average Bonchev–Trinajstić information content (AvgIpc) is 3.25. The molecule has 1 N–H and O–H groups in total. The number of hydrogen-bond acceptors (Lipinski definition) is 3. The normalized spacial score (nSPS) is 11.1. The van der Waals surface area contributed by atoms with E-state index in [9.17, 15) is 4.79 Å². The lowest BCUT2D eigenvalue weighted by molar-refractivity contribution is 0.103. The van der Waals surface area contributed by atoms with Crippen molar-refractivity contribution in [3.05, 3.63) is 81.9 Å². The number of nitrogens with zero attached hydrogens (tertiary/aromatic N) is 2. The van der Waals surface area contributed by atoms with Crippen LogP contribution in [0, 0.1) is 13.8 Å². The molecule has 1 amide bonds. The maximum absolute atomic E-state index is 12.8. The number of aryl methyl sites for hydroxylation is 3. The molecule has 0 unspecified atom stereocenters. The number of carbonyl (C=O) groups excluding carboxylic acids is 1. The lowest BCUT2D eigenvalue weighted by Gasteiger charge is -2.05. The van der Waals surface area contributed by atoms with Gasteiger partial charge in [-0.2, -0.15) is 5.10 Å². The van der Waals surface area contributed by atoms with Gasteiger partial charge in [0, 0.05) is 11.1 Å². The second kappa shape index (κ2) is 7.60. The molecule has 0 atom stereocenters. The van der Waals surface area contributed by atoms with Crippen molar-refractivity contribution >= 4 is 33.1 Å². The van der Waals surface area contributed by atoms with Gasteiger partial charge in [0.15, 0.2) is 0 Å². The van der Waals surface area contributed by atoms with Gasteiger partial charge in [0.1, 0.15) is 4.83 Å². The van der Waals surface area contributed by atoms with Gasteiger partial charge in [0.25, 0.3) is 5.91 Å². The molecule has 0 spiro atoms. The number of thiophene rings is 1. The molecule has 142 valence electrons. The summed E-state index contributed by atoms with van der Waals surface area (Å²) < 4.78 is 1.99. The van der Waals surface area contributed by atoms with Crippen LogP contribution in [0.5, 0.6) is 0 Å². The zero-order chi connectivity index (χ0) is 19.7. The number of hydrogen-bond donors (Lipinski definition) is 1. The Balaban J connectivity index is 1.60. The fraction of sp³-hybridized carbons (Fsp3) is 0.217. The molecule has 0 saturated carbocycles. The molecule has 0 radical (unpaired) electrons. The molecule has 5 heteroatoms. The molecule has 0 bridgehead atoms. The highest BCUT2D eigenvalue weighted by atomic mass is 32.1. The van der Waals surface area contributed by atoms with Crippen LogP contribution >= 0.6 is 11.3 Å². The molecular formula is C23H23N3OS. The lowest BCUT2D eigenvalue weighted by Crippen LogP contribution is -2.10. The fourth-order valence-electron chi connectivity index (χ4n) is 3.26. The quantitative estimate of drug-likeness (QED) is 0.484. The van der Waals surface area contributed by atoms with Crippen molar-refractivity contribution in [1.29, 1.82) is 0 Å². The van der Waals surface area contributed by atoms with Gasteiger partial charge in [-0.1, -0.05) is 48.9 Å². The summed E-state index contributed by atoms with van der Waals surface area (Å²) in [5, 5.41) is 8.74. The number of benzene rings is 2. The first-order valence-corrected chi connectivity index (χ1v) is 10.3. The molecule has 0 saturated heterocycles. The highest BCUT2D eigenvalue weighted by Crippen LogP contribution is 2.29. The minimum atomic E-state index is -0.0734. The van der Waals surface area contributed by atoms with Gasteiger partial charge in [-0.05, 0) is 49.6 Å². The first-order valence-electron chi connectivity index (χ1n) is 9.46. The number of fused-ring (bicyclic) bond motifs is 1. The lowest BCUT2D eigenvalue weighted by atomic mass is 10.1. The second-order valence-electron chi connectivity index (χ2n) is 7.07. The van der Waals surface area contributed by atoms with Gasteiger partial charge in [-0.3, -0.25) is 9.48 Å². The van der Waals surface area contributed by atoms with Crippen LogP contribution in [0.1, 0.15) is 39.0 Å². The first-order chi connectivity index (χ1) is 13.5. The van der Waals surface area contributed by atoms with Crippen LogP contribution < -0.4 is 5.32 Å². The summed E-state index contributed by atoms with van der Waals surface area (Å²) >= 11 is 1.49. The second-order valence-corrected chi connectivity index (χ2v) is 8.10. The first kappa shape index (κ1) is 18.4. The van der Waals surface area contributed by atoms with Gasteiger partial charge < -0.3 is 5.32 Å². The van der Waals surface area contributed by atoms with Gasteiger partial charge in [0.2, 0.25) is 0 Å². The van der Waals surface area contributed by atoms with E-state index in [4.69, 9.17) is 0 Å². The van der Waals surface area contributed by atoms with Gasteiger partial charge in [-0.15, -0.1) is 11.3 Å². The largest absolute Gasteiger partial charge is 0.321 e. The molecule has 2 aromatic heterocycles. The Morgan fingerprint density at radius 3 is 2.61 bits per heavy atom. The molecule has 0 aliphatic heterocycles. The minimum Gasteiger partial charge on any atom is -0.321 e. The van der Waals surface area contributed by atoms with Crippen LogP contribution in [0.25, 0.3) is 10.2 Å². The van der Waals surface area contributed by atoms with Crippen molar-refractivity contribution in [2.24, 2.45) is 0 Å². The Bertz CT molecular complexity index is 1140. The minimum absolute atomic E-state index is 0.0734. The molecule has 28 heavy (non-hydrogen) atoms. The van der Waals surface area contributed by atoms with Crippen LogP contribution in [0.4, 0.5) is 5.69 Å². The third-order valence-electron chi connectivity index (χ3n) is 4.88. The standard InChI is InChI=1S/C23H23N3OS/c1-4-17-6-5-7-19(12-17)24-22(27)21-13-20-16(3)25-26(23(20)28-21)14-18-10-8-15(2)9-11-18/h5-13H,4,14H2,1-3H3,(H,24,27). The van der Waals surface area contributed by atoms with E-state index in [1.807, 2.05) is 35.9 Å². The van der Waals surface area contributed by atoms with Crippen molar-refractivity contribution in [2.75, 3.05) is 5.32 Å². The Labute approximate surface area is 168 Å². The topological polar surface area (TPSA) is 46.9 Å². The monoisotopic (exact) mass is 389 g/mol. The SMILES string of the molecule is CCc1cccc(NC(=O)c2cc3c(C)nn(Cc4ccc(C)cc4)c3s2)c1. The van der Waals surface area contributed by atoms with E-state index in [1.54, 1.807) is 0 Å². The van der Waals surface area contributed by atoms with E-state index >= 15 is 0 Å². The van der Waals surface area contributed by atoms with Crippen LogP contribution in [-0.2, 0) is 13.0 Å². The highest BCUT2D eigenvalue weighted by Gasteiger charge is 2.17. The van der Waals surface area contributed by atoms with E-state index in [0.29, 0.717) is 11.4 Å². The summed E-state index contributed by atoms with van der Waals surface area (Å²) in [5.41, 5.74) is 5.43. The third kappa shape index (κ3) is 3.71. The molecule has 4 aromatic rings. The molecule has 2 heterocycles. The summed E-state index contributed by atoms with van der Waals surface area (Å²) in [5.74, 6) is -0.0734. The van der Waals surface area contributed by atoms with Crippen LogP contribution in [-0.4, -0.2) is 15.7 Å². The summed E-state index contributed by atoms with van der Waals surface area (Å²) in [6.45, 7) is 6.88. The fourth-order valence-corrected chi connectivity index (χ4v) is 4.32. The van der Waals surface area contributed by atoms with E-state index in [0.717, 1.165) is 28.0 Å². The zero-order valence-electron chi connectivity index (χ0n) is 16.3. The molecule has 0 aliphatic carbocycles. The van der Waals surface area contributed by atoms with Crippen molar-refractivity contribution in [3.63, 3.8) is 0 Å². The van der Waals surface area contributed by atoms with E-state index < -0.39 is 0 Å².